The normalized spacial score (nSPS) is 11.1. The Morgan fingerprint density at radius 2 is 1.62 bits per heavy atom. The molecule has 2 aromatic carbocycles. The Labute approximate surface area is 146 Å². The van der Waals surface area contributed by atoms with E-state index in [-0.39, 0.29) is 57.7 Å². The Hall–Kier alpha value is 0.726. The van der Waals surface area contributed by atoms with Crippen LogP contribution in [0.4, 0.5) is 0 Å². The van der Waals surface area contributed by atoms with Crippen LogP contribution in [0.25, 0.3) is 10.8 Å². The van der Waals surface area contributed by atoms with Crippen molar-refractivity contribution in [3.63, 3.8) is 0 Å². The van der Waals surface area contributed by atoms with Gasteiger partial charge in [0.05, 0.1) is 0 Å². The number of halogens is 1. The second-order valence-corrected chi connectivity index (χ2v) is 5.31. The van der Waals surface area contributed by atoms with Crippen LogP contribution in [0, 0.1) is 0 Å². The fourth-order valence-electron chi connectivity index (χ4n) is 1.46. The summed E-state index contributed by atoms with van der Waals surface area (Å²) < 4.78 is 32.0. The molecule has 0 aliphatic carbocycles. The first-order chi connectivity index (χ1) is 7.00. The molecule has 0 saturated carbocycles. The molecule has 6 heteroatoms. The van der Waals surface area contributed by atoms with Crippen LogP contribution in [0.2, 0.25) is 0 Å². The standard InChI is InChI=1S/C10H7BrO3S.K.H/c11-9-5-6-10(15(12,13)14)8-4-2-1-3-7(8)9;;/h1-6H,(H,12,13,14);;/q;+1;-1. The summed E-state index contributed by atoms with van der Waals surface area (Å²) in [4.78, 5) is -0.0682. The van der Waals surface area contributed by atoms with Crippen molar-refractivity contribution in [3.8, 4) is 0 Å². The van der Waals surface area contributed by atoms with Crippen LogP contribution in [0.1, 0.15) is 1.43 Å². The Bertz CT molecular complexity index is 630. The molecule has 0 unspecified atom stereocenters. The van der Waals surface area contributed by atoms with Crippen LogP contribution in [0.5, 0.6) is 0 Å². The van der Waals surface area contributed by atoms with Crippen molar-refractivity contribution in [1.82, 2.24) is 0 Å². The smallest absolute Gasteiger partial charge is 1.00 e. The summed E-state index contributed by atoms with van der Waals surface area (Å²) in [6, 6.07) is 9.95. The first-order valence-electron chi connectivity index (χ1n) is 4.15. The molecular formula is C10H8BrKO3S. The Balaban J connectivity index is 0.00000128. The van der Waals surface area contributed by atoms with Crippen LogP contribution in [0.3, 0.4) is 0 Å². The summed E-state index contributed by atoms with van der Waals surface area (Å²) in [5.74, 6) is 0. The molecule has 16 heavy (non-hydrogen) atoms. The Kier molecular flexibility index (Phi) is 5.16. The maximum atomic E-state index is 11.1. The van der Waals surface area contributed by atoms with Gasteiger partial charge in [-0.1, -0.05) is 40.2 Å². The number of fused-ring (bicyclic) bond motifs is 1. The third kappa shape index (κ3) is 2.94. The minimum absolute atomic E-state index is 0. The zero-order chi connectivity index (χ0) is 11.1. The molecular weight excluding hydrogens is 319 g/mol. The van der Waals surface area contributed by atoms with Crippen LogP contribution in [0.15, 0.2) is 45.8 Å². The van der Waals surface area contributed by atoms with Gasteiger partial charge in [0.1, 0.15) is 4.90 Å². The molecule has 0 atom stereocenters. The predicted octanol–water partition coefficient (Wildman–Crippen LogP) is -0.0345. The van der Waals surface area contributed by atoms with Gasteiger partial charge < -0.3 is 1.43 Å². The van der Waals surface area contributed by atoms with Gasteiger partial charge in [0, 0.05) is 9.86 Å². The van der Waals surface area contributed by atoms with Crippen LogP contribution < -0.4 is 51.4 Å². The van der Waals surface area contributed by atoms with Crippen LogP contribution in [-0.4, -0.2) is 13.0 Å². The second kappa shape index (κ2) is 5.58. The summed E-state index contributed by atoms with van der Waals surface area (Å²) in [7, 11) is -4.17. The fraction of sp³-hybridized carbons (Fsp3) is 0. The van der Waals surface area contributed by atoms with Crippen molar-refractivity contribution in [3.05, 3.63) is 40.9 Å². The van der Waals surface area contributed by atoms with Gasteiger partial charge in [0.2, 0.25) is 0 Å². The van der Waals surface area contributed by atoms with E-state index in [1.54, 1.807) is 30.3 Å². The molecule has 2 rings (SSSR count). The fourth-order valence-corrected chi connectivity index (χ4v) is 2.63. The molecule has 0 aliphatic rings. The molecule has 3 nitrogen and oxygen atoms in total. The van der Waals surface area contributed by atoms with E-state index >= 15 is 0 Å². The third-order valence-corrected chi connectivity index (χ3v) is 3.71. The van der Waals surface area contributed by atoms with E-state index < -0.39 is 10.1 Å². The van der Waals surface area contributed by atoms with Crippen LogP contribution in [-0.2, 0) is 10.1 Å². The molecule has 0 spiro atoms. The number of benzene rings is 2. The molecule has 0 saturated heterocycles. The second-order valence-electron chi connectivity index (χ2n) is 3.07. The quantitative estimate of drug-likeness (QED) is 0.591. The van der Waals surface area contributed by atoms with Gasteiger partial charge in [-0.2, -0.15) is 8.42 Å². The van der Waals surface area contributed by atoms with E-state index in [1.807, 2.05) is 0 Å². The van der Waals surface area contributed by atoms with Gasteiger partial charge in [0.25, 0.3) is 10.1 Å². The molecule has 0 bridgehead atoms. The van der Waals surface area contributed by atoms with Crippen molar-refractivity contribution in [2.45, 2.75) is 4.90 Å². The van der Waals surface area contributed by atoms with Crippen molar-refractivity contribution in [1.29, 1.82) is 0 Å². The summed E-state index contributed by atoms with van der Waals surface area (Å²) in [6.45, 7) is 0. The average molecular weight is 327 g/mol. The summed E-state index contributed by atoms with van der Waals surface area (Å²) >= 11 is 3.32. The molecule has 1 N–H and O–H groups in total. The number of rotatable bonds is 1. The van der Waals surface area contributed by atoms with Gasteiger partial charge in [-0.3, -0.25) is 4.55 Å². The molecule has 2 aromatic rings. The van der Waals surface area contributed by atoms with E-state index in [4.69, 9.17) is 4.55 Å². The first kappa shape index (κ1) is 14.8. The largest absolute Gasteiger partial charge is 1.00 e. The molecule has 80 valence electrons. The minimum atomic E-state index is -4.17. The van der Waals surface area contributed by atoms with Gasteiger partial charge in [-0.15, -0.1) is 0 Å². The van der Waals surface area contributed by atoms with Crippen molar-refractivity contribution >= 4 is 36.8 Å². The summed E-state index contributed by atoms with van der Waals surface area (Å²) in [6.07, 6.45) is 0. The van der Waals surface area contributed by atoms with Gasteiger partial charge in [-0.05, 0) is 17.5 Å². The molecule has 0 heterocycles. The maximum Gasteiger partial charge on any atom is 1.00 e. The summed E-state index contributed by atoms with van der Waals surface area (Å²) in [5.41, 5.74) is 0. The van der Waals surface area contributed by atoms with Gasteiger partial charge in [-0.25, -0.2) is 0 Å². The number of hydrogen-bond acceptors (Lipinski definition) is 2. The minimum Gasteiger partial charge on any atom is -1.00 e. The van der Waals surface area contributed by atoms with Crippen molar-refractivity contribution in [2.24, 2.45) is 0 Å². The maximum absolute atomic E-state index is 11.1. The first-order valence-corrected chi connectivity index (χ1v) is 6.38. The summed E-state index contributed by atoms with van der Waals surface area (Å²) in [5, 5.41) is 1.27. The zero-order valence-electron chi connectivity index (χ0n) is 9.51. The van der Waals surface area contributed by atoms with E-state index in [0.29, 0.717) is 5.39 Å². The third-order valence-electron chi connectivity index (χ3n) is 2.11. The van der Waals surface area contributed by atoms with E-state index in [0.717, 1.165) is 9.86 Å². The molecule has 0 radical (unpaired) electrons. The van der Waals surface area contributed by atoms with Crippen molar-refractivity contribution < 1.29 is 65.8 Å². The van der Waals surface area contributed by atoms with Gasteiger partial charge in [0.15, 0.2) is 0 Å². The van der Waals surface area contributed by atoms with E-state index in [2.05, 4.69) is 15.9 Å². The molecule has 0 aromatic heterocycles. The molecule has 0 aliphatic heterocycles. The average Bonchev–Trinajstić information content (AvgIpc) is 2.17. The Morgan fingerprint density at radius 3 is 2.19 bits per heavy atom. The van der Waals surface area contributed by atoms with Crippen molar-refractivity contribution in [2.75, 3.05) is 0 Å². The molecule has 0 fully saturated rings. The van der Waals surface area contributed by atoms with Crippen LogP contribution >= 0.6 is 15.9 Å². The van der Waals surface area contributed by atoms with Gasteiger partial charge >= 0.3 is 51.4 Å². The topological polar surface area (TPSA) is 54.4 Å². The van der Waals surface area contributed by atoms with E-state index in [9.17, 15) is 8.42 Å². The SMILES string of the molecule is O=S(=O)(O)c1ccc(Br)c2ccccc12.[H-].[K+]. The zero-order valence-corrected chi connectivity index (χ0v) is 14.0. The number of hydrogen-bond donors (Lipinski definition) is 1. The predicted molar refractivity (Wildman–Crippen MR) is 62.6 cm³/mol. The monoisotopic (exact) mass is 326 g/mol. The van der Waals surface area contributed by atoms with E-state index in [1.165, 1.54) is 6.07 Å². The molecule has 0 amide bonds. The Morgan fingerprint density at radius 1 is 1.06 bits per heavy atom.